The molecular formula is C14H19Cl2N3OS. The highest BCUT2D eigenvalue weighted by molar-refractivity contribution is 7.09. The van der Waals surface area contributed by atoms with Gasteiger partial charge in [0.25, 0.3) is 5.91 Å². The molecule has 21 heavy (non-hydrogen) atoms. The van der Waals surface area contributed by atoms with Crippen LogP contribution in [0.4, 0.5) is 0 Å². The lowest BCUT2D eigenvalue weighted by Gasteiger charge is -2.04. The Morgan fingerprint density at radius 2 is 1.95 bits per heavy atom. The van der Waals surface area contributed by atoms with E-state index in [1.165, 1.54) is 0 Å². The first kappa shape index (κ1) is 19.9. The fraction of sp³-hybridized carbons (Fsp3) is 0.286. The molecule has 1 aromatic heterocycles. The van der Waals surface area contributed by atoms with Crippen LogP contribution in [0.1, 0.15) is 26.6 Å². The van der Waals surface area contributed by atoms with E-state index in [-0.39, 0.29) is 30.7 Å². The summed E-state index contributed by atoms with van der Waals surface area (Å²) in [7, 11) is 0. The van der Waals surface area contributed by atoms with Crippen molar-refractivity contribution in [3.05, 3.63) is 51.5 Å². The third kappa shape index (κ3) is 6.01. The van der Waals surface area contributed by atoms with E-state index in [1.807, 2.05) is 24.4 Å². The highest BCUT2D eigenvalue weighted by Gasteiger charge is 2.05. The summed E-state index contributed by atoms with van der Waals surface area (Å²) in [5.74, 6) is -0.0597. The highest BCUT2D eigenvalue weighted by Crippen LogP contribution is 2.08. The van der Waals surface area contributed by atoms with Gasteiger partial charge in [0.1, 0.15) is 0 Å². The third-order valence-electron chi connectivity index (χ3n) is 2.79. The maximum atomic E-state index is 11.9. The number of nitrogens with zero attached hydrogens (tertiary/aromatic N) is 1. The van der Waals surface area contributed by atoms with Crippen LogP contribution in [-0.2, 0) is 13.0 Å². The highest BCUT2D eigenvalue weighted by atomic mass is 35.5. The summed E-state index contributed by atoms with van der Waals surface area (Å²) in [6.45, 7) is 3.07. The lowest BCUT2D eigenvalue weighted by Crippen LogP contribution is -2.25. The maximum Gasteiger partial charge on any atom is 0.251 e. The minimum Gasteiger partial charge on any atom is -0.352 e. The molecule has 0 spiro atoms. The van der Waals surface area contributed by atoms with Gasteiger partial charge in [-0.25, -0.2) is 4.98 Å². The van der Waals surface area contributed by atoms with Gasteiger partial charge < -0.3 is 11.1 Å². The predicted molar refractivity (Wildman–Crippen MR) is 91.7 cm³/mol. The van der Waals surface area contributed by atoms with Gasteiger partial charge in [-0.3, -0.25) is 4.79 Å². The fourth-order valence-corrected chi connectivity index (χ4v) is 2.37. The molecule has 0 unspecified atom stereocenters. The monoisotopic (exact) mass is 347 g/mol. The Kier molecular flexibility index (Phi) is 9.21. The Labute approximate surface area is 141 Å². The van der Waals surface area contributed by atoms with Gasteiger partial charge in [-0.15, -0.1) is 36.2 Å². The first-order valence-electron chi connectivity index (χ1n) is 6.17. The lowest BCUT2D eigenvalue weighted by atomic mass is 10.1. The zero-order chi connectivity index (χ0) is 13.7. The molecule has 0 atom stereocenters. The van der Waals surface area contributed by atoms with Gasteiger partial charge in [-0.1, -0.05) is 12.1 Å². The Morgan fingerprint density at radius 3 is 2.48 bits per heavy atom. The summed E-state index contributed by atoms with van der Waals surface area (Å²) in [6, 6.07) is 7.34. The number of carbonyl (C=O) groups is 1. The topological polar surface area (TPSA) is 68.0 Å². The number of thiazole rings is 1. The van der Waals surface area contributed by atoms with E-state index in [2.05, 4.69) is 10.3 Å². The molecule has 1 aromatic carbocycles. The van der Waals surface area contributed by atoms with E-state index in [0.29, 0.717) is 18.7 Å². The minimum absolute atomic E-state index is 0. The van der Waals surface area contributed by atoms with Gasteiger partial charge in [-0.05, 0) is 24.6 Å². The molecule has 0 aliphatic heterocycles. The van der Waals surface area contributed by atoms with Crippen molar-refractivity contribution in [1.29, 1.82) is 0 Å². The number of benzene rings is 1. The van der Waals surface area contributed by atoms with Crippen LogP contribution in [0.2, 0.25) is 0 Å². The molecule has 4 nitrogen and oxygen atoms in total. The number of nitrogens with two attached hydrogens (primary N) is 1. The molecule has 0 fully saturated rings. The van der Waals surface area contributed by atoms with Crippen molar-refractivity contribution in [3.63, 3.8) is 0 Å². The van der Waals surface area contributed by atoms with Gasteiger partial charge in [-0.2, -0.15) is 0 Å². The molecule has 0 radical (unpaired) electrons. The van der Waals surface area contributed by atoms with Gasteiger partial charge in [0.05, 0.1) is 10.7 Å². The summed E-state index contributed by atoms with van der Waals surface area (Å²) in [6.07, 6.45) is 0.761. The van der Waals surface area contributed by atoms with Crippen molar-refractivity contribution in [2.75, 3.05) is 6.54 Å². The van der Waals surface area contributed by atoms with Gasteiger partial charge in [0, 0.05) is 30.5 Å². The molecule has 0 aliphatic rings. The zero-order valence-corrected chi connectivity index (χ0v) is 14.1. The quantitative estimate of drug-likeness (QED) is 0.873. The molecule has 2 aromatic rings. The Hall–Kier alpha value is -1.14. The molecule has 1 amide bonds. The maximum absolute atomic E-state index is 11.9. The van der Waals surface area contributed by atoms with Crippen molar-refractivity contribution in [1.82, 2.24) is 10.3 Å². The third-order valence-corrected chi connectivity index (χ3v) is 3.61. The van der Waals surface area contributed by atoms with Crippen LogP contribution >= 0.6 is 36.2 Å². The summed E-state index contributed by atoms with van der Waals surface area (Å²) in [5, 5.41) is 5.97. The van der Waals surface area contributed by atoms with Crippen LogP contribution in [0.15, 0.2) is 29.6 Å². The van der Waals surface area contributed by atoms with Crippen molar-refractivity contribution < 1.29 is 4.79 Å². The van der Waals surface area contributed by atoms with E-state index in [4.69, 9.17) is 5.73 Å². The van der Waals surface area contributed by atoms with E-state index < -0.39 is 0 Å². The van der Waals surface area contributed by atoms with Gasteiger partial charge in [0.15, 0.2) is 0 Å². The number of carbonyl (C=O) groups excluding carboxylic acids is 1. The number of nitrogens with one attached hydrogen (secondary N) is 1. The average molecular weight is 348 g/mol. The summed E-state index contributed by atoms with van der Waals surface area (Å²) in [4.78, 5) is 16.2. The molecule has 1 heterocycles. The normalized spacial score (nSPS) is 9.43. The average Bonchev–Trinajstić information content (AvgIpc) is 2.84. The van der Waals surface area contributed by atoms with Gasteiger partial charge >= 0.3 is 0 Å². The van der Waals surface area contributed by atoms with Crippen LogP contribution < -0.4 is 11.1 Å². The van der Waals surface area contributed by atoms with Crippen molar-refractivity contribution in [2.24, 2.45) is 5.73 Å². The Bertz CT molecular complexity index is 558. The van der Waals surface area contributed by atoms with Crippen molar-refractivity contribution >= 4 is 42.1 Å². The number of hydrogen-bond acceptors (Lipinski definition) is 4. The van der Waals surface area contributed by atoms with Crippen molar-refractivity contribution in [3.8, 4) is 0 Å². The molecular weight excluding hydrogens is 329 g/mol. The van der Waals surface area contributed by atoms with Crippen LogP contribution in [0.5, 0.6) is 0 Å². The number of rotatable bonds is 5. The molecule has 0 saturated carbocycles. The molecule has 3 N–H and O–H groups in total. The Morgan fingerprint density at radius 1 is 1.29 bits per heavy atom. The molecule has 2 rings (SSSR count). The van der Waals surface area contributed by atoms with Crippen molar-refractivity contribution in [2.45, 2.75) is 19.9 Å². The lowest BCUT2D eigenvalue weighted by molar-refractivity contribution is 0.0954. The van der Waals surface area contributed by atoms with E-state index in [9.17, 15) is 4.79 Å². The first-order chi connectivity index (χ1) is 9.19. The second kappa shape index (κ2) is 9.73. The standard InChI is InChI=1S/C14H17N3OS.2ClH/c1-10-17-13(9-19-10)6-7-16-14(18)12-4-2-11(8-15)3-5-12;;/h2-5,9H,6-8,15H2,1H3,(H,16,18);2*1H. The van der Waals surface area contributed by atoms with Crippen LogP contribution in [0.3, 0.4) is 0 Å². The summed E-state index contributed by atoms with van der Waals surface area (Å²) < 4.78 is 0. The second-order valence-electron chi connectivity index (χ2n) is 4.26. The van der Waals surface area contributed by atoms with E-state index in [0.717, 1.165) is 22.7 Å². The molecule has 0 saturated heterocycles. The van der Waals surface area contributed by atoms with E-state index in [1.54, 1.807) is 23.5 Å². The molecule has 7 heteroatoms. The summed E-state index contributed by atoms with van der Waals surface area (Å²) >= 11 is 1.63. The smallest absolute Gasteiger partial charge is 0.251 e. The summed E-state index contributed by atoms with van der Waals surface area (Å²) in [5.41, 5.74) is 8.23. The van der Waals surface area contributed by atoms with Gasteiger partial charge in [0.2, 0.25) is 0 Å². The number of halogens is 2. The number of aromatic nitrogens is 1. The molecule has 0 bridgehead atoms. The Balaban J connectivity index is 0.00000200. The zero-order valence-electron chi connectivity index (χ0n) is 11.7. The minimum atomic E-state index is -0.0597. The largest absolute Gasteiger partial charge is 0.352 e. The van der Waals surface area contributed by atoms with Crippen LogP contribution in [0, 0.1) is 6.92 Å². The molecule has 116 valence electrons. The van der Waals surface area contributed by atoms with E-state index >= 15 is 0 Å². The van der Waals surface area contributed by atoms with Crippen LogP contribution in [-0.4, -0.2) is 17.4 Å². The number of hydrogen-bond donors (Lipinski definition) is 2. The first-order valence-corrected chi connectivity index (χ1v) is 7.05. The molecule has 0 aliphatic carbocycles. The number of amides is 1. The number of aryl methyl sites for hydroxylation is 1. The second-order valence-corrected chi connectivity index (χ2v) is 5.33. The predicted octanol–water partition coefficient (Wildman–Crippen LogP) is 2.73. The van der Waals surface area contributed by atoms with Crippen LogP contribution in [0.25, 0.3) is 0 Å². The SMILES string of the molecule is Cc1nc(CCNC(=O)c2ccc(CN)cc2)cs1.Cl.Cl. The fourth-order valence-electron chi connectivity index (χ4n) is 1.72.